The summed E-state index contributed by atoms with van der Waals surface area (Å²) in [6, 6.07) is -1.02. The van der Waals surface area contributed by atoms with Gasteiger partial charge in [-0.1, -0.05) is 0 Å². The lowest BCUT2D eigenvalue weighted by Crippen LogP contribution is -2.41. The van der Waals surface area contributed by atoms with Gasteiger partial charge in [0.2, 0.25) is 0 Å². The molecular weight excluding hydrogens is 296 g/mol. The molecule has 0 aliphatic heterocycles. The quantitative estimate of drug-likeness (QED) is 0.294. The Morgan fingerprint density at radius 3 is 2.90 bits per heavy atom. The number of nitrogens with two attached hydrogens (primary N) is 1. The predicted octanol–water partition coefficient (Wildman–Crippen LogP) is -0.798. The van der Waals surface area contributed by atoms with Crippen molar-refractivity contribution in [2.24, 2.45) is 17.9 Å². The van der Waals surface area contributed by atoms with E-state index in [0.717, 1.165) is 0 Å². The van der Waals surface area contributed by atoms with Crippen molar-refractivity contribution in [3.63, 3.8) is 0 Å². The Kier molecular flexibility index (Phi) is 6.27. The van der Waals surface area contributed by atoms with Crippen LogP contribution in [0.15, 0.2) is 17.6 Å². The molecule has 1 aromatic rings. The highest BCUT2D eigenvalue weighted by molar-refractivity contribution is 7.80. The number of hydrogen-bond acceptors (Lipinski definition) is 5. The number of aromatic nitrogens is 2. The van der Waals surface area contributed by atoms with Gasteiger partial charge in [0, 0.05) is 13.3 Å². The minimum absolute atomic E-state index is 0.0190. The molecule has 0 spiro atoms. The Balaban J connectivity index is 2.52. The molecule has 0 saturated heterocycles. The molecular formula is C11H16N6O3S. The van der Waals surface area contributed by atoms with Crippen LogP contribution >= 0.6 is 12.2 Å². The lowest BCUT2D eigenvalue weighted by atomic mass is 10.1. The van der Waals surface area contributed by atoms with Crippen molar-refractivity contribution >= 4 is 35.4 Å². The Morgan fingerprint density at radius 1 is 1.67 bits per heavy atom. The molecule has 1 rings (SSSR count). The number of imidazole rings is 1. The number of nitrogens with one attached hydrogen (secondary N) is 2. The van der Waals surface area contributed by atoms with Gasteiger partial charge in [0.25, 0.3) is 5.91 Å². The molecule has 0 fully saturated rings. The molecule has 0 aliphatic rings. The van der Waals surface area contributed by atoms with Crippen LogP contribution < -0.4 is 16.5 Å². The van der Waals surface area contributed by atoms with Crippen molar-refractivity contribution in [2.45, 2.75) is 18.9 Å². The minimum Gasteiger partial charge on any atom is -0.480 e. The normalized spacial score (nSPS) is 12.0. The Bertz CT molecular complexity index is 556. The summed E-state index contributed by atoms with van der Waals surface area (Å²) in [6.45, 7) is 0. The second-order valence-corrected chi connectivity index (χ2v) is 4.56. The van der Waals surface area contributed by atoms with Crippen molar-refractivity contribution in [3.8, 4) is 0 Å². The zero-order chi connectivity index (χ0) is 15.8. The summed E-state index contributed by atoms with van der Waals surface area (Å²) in [7, 11) is 1.64. The maximum atomic E-state index is 11.9. The maximum Gasteiger partial charge on any atom is 0.326 e. The van der Waals surface area contributed by atoms with Gasteiger partial charge < -0.3 is 20.7 Å². The van der Waals surface area contributed by atoms with Crippen LogP contribution in [0.2, 0.25) is 0 Å². The summed E-state index contributed by atoms with van der Waals surface area (Å²) in [5.74, 6) is -1.62. The van der Waals surface area contributed by atoms with Crippen molar-refractivity contribution < 1.29 is 14.7 Å². The van der Waals surface area contributed by atoms with E-state index in [9.17, 15) is 9.59 Å². The van der Waals surface area contributed by atoms with Crippen molar-refractivity contribution in [1.29, 1.82) is 0 Å². The highest BCUT2D eigenvalue weighted by Gasteiger charge is 2.21. The smallest absolute Gasteiger partial charge is 0.326 e. The fraction of sp³-hybridized carbons (Fsp3) is 0.364. The molecule has 1 atom stereocenters. The molecule has 0 bridgehead atoms. The summed E-state index contributed by atoms with van der Waals surface area (Å²) >= 11 is 4.55. The van der Waals surface area contributed by atoms with Gasteiger partial charge in [0.1, 0.15) is 11.7 Å². The summed E-state index contributed by atoms with van der Waals surface area (Å²) in [6.07, 6.45) is 4.77. The number of carbonyl (C=O) groups excluding carboxylic acids is 1. The molecule has 9 nitrogen and oxygen atoms in total. The SMILES string of the molecule is Cn1cncc1C(=O)N[C@@H](CC/C=N\NC(N)=S)C(=O)O. The van der Waals surface area contributed by atoms with E-state index < -0.39 is 17.9 Å². The van der Waals surface area contributed by atoms with Crippen LogP contribution in [-0.4, -0.2) is 43.9 Å². The Hall–Kier alpha value is -2.49. The number of carboxylic acids is 1. The summed E-state index contributed by atoms with van der Waals surface area (Å²) in [4.78, 5) is 26.8. The zero-order valence-corrected chi connectivity index (χ0v) is 12.1. The number of aryl methyl sites for hydroxylation is 1. The number of amides is 1. The lowest BCUT2D eigenvalue weighted by molar-refractivity contribution is -0.139. The van der Waals surface area contributed by atoms with E-state index in [0.29, 0.717) is 6.42 Å². The summed E-state index contributed by atoms with van der Waals surface area (Å²) in [5.41, 5.74) is 7.80. The fourth-order valence-corrected chi connectivity index (χ4v) is 1.53. The fourth-order valence-electron chi connectivity index (χ4n) is 1.48. The third kappa shape index (κ3) is 5.57. The van der Waals surface area contributed by atoms with E-state index in [2.05, 4.69) is 33.0 Å². The molecule has 10 heteroatoms. The number of carboxylic acid groups (broad SMARTS) is 1. The molecule has 0 aromatic carbocycles. The van der Waals surface area contributed by atoms with E-state index in [1.54, 1.807) is 7.05 Å². The minimum atomic E-state index is -1.12. The third-order valence-electron chi connectivity index (χ3n) is 2.50. The Morgan fingerprint density at radius 2 is 2.38 bits per heavy atom. The monoisotopic (exact) mass is 312 g/mol. The van der Waals surface area contributed by atoms with E-state index in [1.807, 2.05) is 0 Å². The first-order valence-corrected chi connectivity index (χ1v) is 6.39. The van der Waals surface area contributed by atoms with Crippen LogP contribution in [0.5, 0.6) is 0 Å². The second-order valence-electron chi connectivity index (χ2n) is 4.12. The molecule has 5 N–H and O–H groups in total. The highest BCUT2D eigenvalue weighted by Crippen LogP contribution is 2.01. The highest BCUT2D eigenvalue weighted by atomic mass is 32.1. The van der Waals surface area contributed by atoms with Crippen molar-refractivity contribution in [2.75, 3.05) is 0 Å². The first-order chi connectivity index (χ1) is 9.91. The second kappa shape index (κ2) is 7.94. The first kappa shape index (κ1) is 16.6. The molecule has 0 radical (unpaired) electrons. The van der Waals surface area contributed by atoms with E-state index in [1.165, 1.54) is 23.3 Å². The predicted molar refractivity (Wildman–Crippen MR) is 79.7 cm³/mol. The maximum absolute atomic E-state index is 11.9. The van der Waals surface area contributed by atoms with Gasteiger partial charge in [0.05, 0.1) is 12.5 Å². The van der Waals surface area contributed by atoms with Gasteiger partial charge in [-0.05, 0) is 25.1 Å². The summed E-state index contributed by atoms with van der Waals surface area (Å²) in [5, 5.41) is 15.2. The number of aliphatic carboxylic acids is 1. The van der Waals surface area contributed by atoms with Crippen LogP contribution in [0.25, 0.3) is 0 Å². The Labute approximate surface area is 126 Å². The molecule has 21 heavy (non-hydrogen) atoms. The molecule has 0 unspecified atom stereocenters. The molecule has 0 saturated carbocycles. The van der Waals surface area contributed by atoms with Crippen molar-refractivity contribution in [3.05, 3.63) is 18.2 Å². The van der Waals surface area contributed by atoms with Gasteiger partial charge in [-0.2, -0.15) is 5.10 Å². The summed E-state index contributed by atoms with van der Waals surface area (Å²) < 4.78 is 1.50. The first-order valence-electron chi connectivity index (χ1n) is 5.98. The standard InChI is InChI=1S/C11H16N6O3S/c1-17-6-13-5-8(17)9(18)15-7(10(19)20)3-2-4-14-16-11(12)21/h4-7H,2-3H2,1H3,(H,15,18)(H,19,20)(H3,12,16,21)/b14-4-/t7-/m0/s1. The molecule has 114 valence electrons. The van der Waals surface area contributed by atoms with Crippen LogP contribution in [0.1, 0.15) is 23.3 Å². The van der Waals surface area contributed by atoms with Crippen LogP contribution in [-0.2, 0) is 11.8 Å². The zero-order valence-electron chi connectivity index (χ0n) is 11.3. The average Bonchev–Trinajstić information content (AvgIpc) is 2.82. The van der Waals surface area contributed by atoms with Gasteiger partial charge in [-0.15, -0.1) is 0 Å². The lowest BCUT2D eigenvalue weighted by Gasteiger charge is -2.13. The number of rotatable bonds is 7. The number of nitrogens with zero attached hydrogens (tertiary/aromatic N) is 3. The molecule has 1 heterocycles. The van der Waals surface area contributed by atoms with Gasteiger partial charge in [0.15, 0.2) is 5.11 Å². The van der Waals surface area contributed by atoms with Crippen LogP contribution in [0, 0.1) is 0 Å². The van der Waals surface area contributed by atoms with E-state index in [4.69, 9.17) is 10.8 Å². The number of hydrogen-bond donors (Lipinski definition) is 4. The van der Waals surface area contributed by atoms with Gasteiger partial charge in [-0.3, -0.25) is 10.2 Å². The molecule has 1 amide bonds. The van der Waals surface area contributed by atoms with Crippen molar-refractivity contribution in [1.82, 2.24) is 20.3 Å². The van der Waals surface area contributed by atoms with Crippen LogP contribution in [0.3, 0.4) is 0 Å². The van der Waals surface area contributed by atoms with Gasteiger partial charge in [-0.25, -0.2) is 9.78 Å². The number of carbonyl (C=O) groups is 2. The van der Waals surface area contributed by atoms with E-state index >= 15 is 0 Å². The molecule has 1 aromatic heterocycles. The van der Waals surface area contributed by atoms with Crippen LogP contribution in [0.4, 0.5) is 0 Å². The van der Waals surface area contributed by atoms with Gasteiger partial charge >= 0.3 is 5.97 Å². The largest absolute Gasteiger partial charge is 0.480 e. The average molecular weight is 312 g/mol. The number of thiocarbonyl (C=S) groups is 1. The topological polar surface area (TPSA) is 135 Å². The number of hydrazone groups is 1. The molecule has 0 aliphatic carbocycles. The third-order valence-corrected chi connectivity index (χ3v) is 2.59. The van der Waals surface area contributed by atoms with E-state index in [-0.39, 0.29) is 17.2 Å².